The monoisotopic (exact) mass is 345 g/mol. The van der Waals surface area contributed by atoms with E-state index in [4.69, 9.17) is 4.74 Å². The van der Waals surface area contributed by atoms with Crippen LogP contribution in [0.15, 0.2) is 22.7 Å². The first-order chi connectivity index (χ1) is 9.06. The maximum atomic E-state index is 10.8. The second-order valence-corrected chi connectivity index (χ2v) is 6.20. The number of nitro groups is 1. The lowest BCUT2D eigenvalue weighted by molar-refractivity contribution is -0.385. The first-order valence-corrected chi connectivity index (χ1v) is 7.66. The molecule has 4 nitrogen and oxygen atoms in total. The van der Waals surface area contributed by atoms with Crippen LogP contribution in [0.4, 0.5) is 5.69 Å². The molecule has 6 heteroatoms. The van der Waals surface area contributed by atoms with Crippen LogP contribution in [0, 0.1) is 15.5 Å². The largest absolute Gasteiger partial charge is 0.492 e. The number of ether oxygens (including phenoxy) is 1. The van der Waals surface area contributed by atoms with E-state index >= 15 is 0 Å². The van der Waals surface area contributed by atoms with Crippen molar-refractivity contribution in [3.8, 4) is 5.75 Å². The summed E-state index contributed by atoms with van der Waals surface area (Å²) in [7, 11) is 0. The van der Waals surface area contributed by atoms with Gasteiger partial charge < -0.3 is 4.74 Å². The van der Waals surface area contributed by atoms with E-state index in [1.165, 1.54) is 25.0 Å². The Bertz CT molecular complexity index is 475. The van der Waals surface area contributed by atoms with Crippen molar-refractivity contribution in [3.63, 3.8) is 0 Å². The zero-order valence-corrected chi connectivity index (χ0v) is 13.0. The number of hydrogen-bond donors (Lipinski definition) is 1. The second-order valence-electron chi connectivity index (χ2n) is 5.03. The molecule has 0 heterocycles. The minimum absolute atomic E-state index is 0.0459. The van der Waals surface area contributed by atoms with E-state index in [9.17, 15) is 10.1 Å². The van der Waals surface area contributed by atoms with Gasteiger partial charge in [0.05, 0.1) is 22.1 Å². The van der Waals surface area contributed by atoms with E-state index in [0.717, 1.165) is 23.1 Å². The summed E-state index contributed by atoms with van der Waals surface area (Å²) in [5, 5.41) is 10.8. The third-order valence-corrected chi connectivity index (χ3v) is 4.99. The predicted molar refractivity (Wildman–Crippen MR) is 81.0 cm³/mol. The molecule has 2 rings (SSSR count). The van der Waals surface area contributed by atoms with Crippen LogP contribution >= 0.6 is 28.6 Å². The summed E-state index contributed by atoms with van der Waals surface area (Å²) in [5.41, 5.74) is 0.164. The van der Waals surface area contributed by atoms with Crippen molar-refractivity contribution in [1.29, 1.82) is 0 Å². The number of hydrogen-bond acceptors (Lipinski definition) is 4. The molecule has 0 spiro atoms. The Hall–Kier alpha value is -0.750. The molecule has 0 N–H and O–H groups in total. The third kappa shape index (κ3) is 3.42. The van der Waals surface area contributed by atoms with E-state index in [0.29, 0.717) is 12.4 Å². The summed E-state index contributed by atoms with van der Waals surface area (Å²) in [5.74, 6) is 1.32. The van der Waals surface area contributed by atoms with Gasteiger partial charge in [-0.3, -0.25) is 10.1 Å². The molecule has 1 fully saturated rings. The highest BCUT2D eigenvalue weighted by molar-refractivity contribution is 9.10. The SMILES string of the molecule is O=[N+]([O-])c1ccc(Br)c(OCC2(CS)CCCC2)c1. The van der Waals surface area contributed by atoms with Crippen molar-refractivity contribution in [2.75, 3.05) is 12.4 Å². The molecule has 1 aromatic carbocycles. The summed E-state index contributed by atoms with van der Waals surface area (Å²) in [6, 6.07) is 4.57. The van der Waals surface area contributed by atoms with Crippen molar-refractivity contribution in [1.82, 2.24) is 0 Å². The molecular weight excluding hydrogens is 330 g/mol. The number of benzene rings is 1. The summed E-state index contributed by atoms with van der Waals surface area (Å²) in [6.45, 7) is 0.566. The molecule has 0 aliphatic heterocycles. The Kier molecular flexibility index (Phi) is 4.73. The first kappa shape index (κ1) is 14.7. The molecule has 0 saturated heterocycles. The molecule has 0 atom stereocenters. The maximum Gasteiger partial charge on any atom is 0.273 e. The van der Waals surface area contributed by atoms with E-state index in [2.05, 4.69) is 28.6 Å². The fraction of sp³-hybridized carbons (Fsp3) is 0.538. The lowest BCUT2D eigenvalue weighted by Gasteiger charge is -2.26. The fourth-order valence-corrected chi connectivity index (χ4v) is 3.19. The molecule has 0 aromatic heterocycles. The molecule has 0 amide bonds. The van der Waals surface area contributed by atoms with Crippen LogP contribution in [-0.4, -0.2) is 17.3 Å². The molecule has 1 saturated carbocycles. The molecule has 104 valence electrons. The molecule has 0 bridgehead atoms. The summed E-state index contributed by atoms with van der Waals surface area (Å²) >= 11 is 7.79. The highest BCUT2D eigenvalue weighted by Crippen LogP contribution is 2.40. The zero-order valence-electron chi connectivity index (χ0n) is 10.5. The van der Waals surface area contributed by atoms with Gasteiger partial charge >= 0.3 is 0 Å². The average Bonchev–Trinajstić information content (AvgIpc) is 2.87. The van der Waals surface area contributed by atoms with Gasteiger partial charge in [-0.15, -0.1) is 0 Å². The van der Waals surface area contributed by atoms with Gasteiger partial charge in [0, 0.05) is 11.5 Å². The van der Waals surface area contributed by atoms with E-state index < -0.39 is 4.92 Å². The molecular formula is C13H16BrNO3S. The Balaban J connectivity index is 2.10. The van der Waals surface area contributed by atoms with Gasteiger partial charge in [0.15, 0.2) is 0 Å². The van der Waals surface area contributed by atoms with Crippen molar-refractivity contribution < 1.29 is 9.66 Å². The van der Waals surface area contributed by atoms with Crippen LogP contribution in [0.1, 0.15) is 25.7 Å². The topological polar surface area (TPSA) is 52.4 Å². The van der Waals surface area contributed by atoms with Gasteiger partial charge in [-0.25, -0.2) is 0 Å². The third-order valence-electron chi connectivity index (χ3n) is 3.66. The molecule has 1 aliphatic carbocycles. The van der Waals surface area contributed by atoms with Gasteiger partial charge in [-0.2, -0.15) is 12.6 Å². The highest BCUT2D eigenvalue weighted by Gasteiger charge is 2.33. The molecule has 19 heavy (non-hydrogen) atoms. The number of thiol groups is 1. The number of rotatable bonds is 5. The smallest absolute Gasteiger partial charge is 0.273 e. The van der Waals surface area contributed by atoms with Crippen LogP contribution in [0.3, 0.4) is 0 Å². The van der Waals surface area contributed by atoms with Crippen LogP contribution in [0.25, 0.3) is 0 Å². The Morgan fingerprint density at radius 1 is 1.42 bits per heavy atom. The number of nitrogens with zero attached hydrogens (tertiary/aromatic N) is 1. The van der Waals surface area contributed by atoms with E-state index in [-0.39, 0.29) is 11.1 Å². The summed E-state index contributed by atoms with van der Waals surface area (Å²) in [4.78, 5) is 10.4. The quantitative estimate of drug-likeness (QED) is 0.493. The lowest BCUT2D eigenvalue weighted by atomic mass is 9.90. The zero-order chi connectivity index (χ0) is 13.9. The van der Waals surface area contributed by atoms with Crippen molar-refractivity contribution >= 4 is 34.2 Å². The molecule has 0 radical (unpaired) electrons. The van der Waals surface area contributed by atoms with E-state index in [1.54, 1.807) is 6.07 Å². The van der Waals surface area contributed by atoms with Crippen LogP contribution in [-0.2, 0) is 0 Å². The van der Waals surface area contributed by atoms with Crippen LogP contribution < -0.4 is 4.74 Å². The Labute approximate surface area is 126 Å². The normalized spacial score (nSPS) is 17.4. The van der Waals surface area contributed by atoms with Crippen LogP contribution in [0.2, 0.25) is 0 Å². The minimum atomic E-state index is -0.413. The number of halogens is 1. The van der Waals surface area contributed by atoms with Gasteiger partial charge in [-0.1, -0.05) is 12.8 Å². The van der Waals surface area contributed by atoms with Crippen molar-refractivity contribution in [2.24, 2.45) is 5.41 Å². The van der Waals surface area contributed by atoms with Gasteiger partial charge in [0.1, 0.15) is 5.75 Å². The number of non-ortho nitro benzene ring substituents is 1. The standard InChI is InChI=1S/C13H16BrNO3S/c14-11-4-3-10(15(16)17)7-12(11)18-8-13(9-19)5-1-2-6-13/h3-4,7,19H,1-2,5-6,8-9H2. The van der Waals surface area contributed by atoms with Gasteiger partial charge in [-0.05, 0) is 40.6 Å². The number of nitro benzene ring substituents is 1. The van der Waals surface area contributed by atoms with E-state index in [1.807, 2.05) is 0 Å². The predicted octanol–water partition coefficient (Wildman–Crippen LogP) is 4.23. The van der Waals surface area contributed by atoms with Crippen LogP contribution in [0.5, 0.6) is 5.75 Å². The van der Waals surface area contributed by atoms with Gasteiger partial charge in [0.25, 0.3) is 5.69 Å². The second kappa shape index (κ2) is 6.13. The molecule has 1 aromatic rings. The molecule has 0 unspecified atom stereocenters. The fourth-order valence-electron chi connectivity index (χ4n) is 2.42. The van der Waals surface area contributed by atoms with Gasteiger partial charge in [0.2, 0.25) is 0 Å². The molecule has 1 aliphatic rings. The highest BCUT2D eigenvalue weighted by atomic mass is 79.9. The first-order valence-electron chi connectivity index (χ1n) is 6.24. The maximum absolute atomic E-state index is 10.8. The average molecular weight is 346 g/mol. The minimum Gasteiger partial charge on any atom is -0.492 e. The lowest BCUT2D eigenvalue weighted by Crippen LogP contribution is -2.27. The van der Waals surface area contributed by atoms with Crippen molar-refractivity contribution in [2.45, 2.75) is 25.7 Å². The summed E-state index contributed by atoms with van der Waals surface area (Å²) < 4.78 is 6.55. The Morgan fingerprint density at radius 3 is 2.68 bits per heavy atom. The Morgan fingerprint density at radius 2 is 2.11 bits per heavy atom. The summed E-state index contributed by atoms with van der Waals surface area (Å²) in [6.07, 6.45) is 4.64. The van der Waals surface area contributed by atoms with Crippen molar-refractivity contribution in [3.05, 3.63) is 32.8 Å².